The van der Waals surface area contributed by atoms with Crippen LogP contribution in [0.2, 0.25) is 0 Å². The summed E-state index contributed by atoms with van der Waals surface area (Å²) >= 11 is 0. The second-order valence-corrected chi connectivity index (χ2v) is 38.1. The van der Waals surface area contributed by atoms with Gasteiger partial charge in [-0.1, -0.05) is 155 Å². The first kappa shape index (κ1) is 113. The van der Waals surface area contributed by atoms with Gasteiger partial charge < -0.3 is 97.7 Å². The van der Waals surface area contributed by atoms with Crippen molar-refractivity contribution in [2.45, 2.75) is 343 Å². The molecule has 4 aliphatic rings. The summed E-state index contributed by atoms with van der Waals surface area (Å²) in [6.45, 7) is 28.6. The van der Waals surface area contributed by atoms with Crippen molar-refractivity contribution in [2.24, 2.45) is 53.3 Å². The van der Waals surface area contributed by atoms with Gasteiger partial charge in [-0.15, -0.1) is 0 Å². The molecule has 30 nitrogen and oxygen atoms in total. The maximum Gasteiger partial charge on any atom is 0.306 e. The molecule has 758 valence electrons. The quantitative estimate of drug-likeness (QED) is 0.0152. The van der Waals surface area contributed by atoms with Gasteiger partial charge in [0.15, 0.2) is 0 Å². The number of hydrogen-bond donors (Lipinski definition) is 5. The first-order valence-electron chi connectivity index (χ1n) is 50.1. The van der Waals surface area contributed by atoms with E-state index in [4.69, 9.17) is 66.3 Å². The van der Waals surface area contributed by atoms with Crippen LogP contribution in [0.3, 0.4) is 0 Å². The molecule has 5 amide bonds. The highest BCUT2D eigenvalue weighted by atomic mass is 16.6. The van der Waals surface area contributed by atoms with Crippen LogP contribution in [0, 0.1) is 53.3 Å². The SMILES string of the molecule is COc1ccc(C(OCC2OC(CC(C)OC(=O)CCC(C)=O)C(OCCCNC(=O)CCNC(=O)CCCCCC3OC(COC(C)=O)C(C)C(C)C3C)C(OCCCNC(=O)CCNC(=O)CCCCCC3OC(COC(C)=O)C(C)C(C)C3C)C2OCCCCC(=O)CCNC(=O)CCCCCC2OC(COC(C)=O)C(C)C(C)C2C)(c2ccccc2)c2ccc(OC)cc2)cc1. The molecule has 135 heavy (non-hydrogen) atoms. The number of esters is 4. The molecule has 4 fully saturated rings. The number of hydrogen-bond acceptors (Lipinski definition) is 25. The zero-order valence-electron chi connectivity index (χ0n) is 83.7. The Balaban J connectivity index is 1.07. The van der Waals surface area contributed by atoms with Crippen LogP contribution >= 0.6 is 0 Å². The largest absolute Gasteiger partial charge is 0.497 e. The molecule has 0 aliphatic carbocycles. The molecule has 0 saturated carbocycles. The zero-order chi connectivity index (χ0) is 98.4. The number of unbranched alkanes of at least 4 members (excludes halogenated alkanes) is 7. The Morgan fingerprint density at radius 3 is 1.08 bits per heavy atom. The lowest BCUT2D eigenvalue weighted by molar-refractivity contribution is -0.273. The second-order valence-electron chi connectivity index (χ2n) is 38.1. The minimum Gasteiger partial charge on any atom is -0.497 e. The number of carbonyl (C=O) groups excluding carboxylic acids is 11. The number of methoxy groups -OCH3 is 2. The van der Waals surface area contributed by atoms with Crippen LogP contribution in [0.25, 0.3) is 0 Å². The van der Waals surface area contributed by atoms with E-state index >= 15 is 0 Å². The third-order valence-corrected chi connectivity index (χ3v) is 28.2. The van der Waals surface area contributed by atoms with Crippen LogP contribution < -0.4 is 36.1 Å². The summed E-state index contributed by atoms with van der Waals surface area (Å²) in [5.41, 5.74) is 0.870. The van der Waals surface area contributed by atoms with Gasteiger partial charge in [0, 0.05) is 131 Å². The highest BCUT2D eigenvalue weighted by Crippen LogP contribution is 2.45. The topological polar surface area (TPSA) is 377 Å². The van der Waals surface area contributed by atoms with E-state index in [1.165, 1.54) is 27.7 Å². The molecule has 21 unspecified atom stereocenters. The van der Waals surface area contributed by atoms with Crippen molar-refractivity contribution in [3.05, 3.63) is 95.6 Å². The molecule has 4 aliphatic heterocycles. The standard InChI is InChI=1S/C105H163N5O25/c1-68(111)42-51-101(121)131-69(2)63-91-102(125-61-31-55-106-99(119)53-58-109-97(117)40-27-19-24-37-89-74(7)71(4)77(10)93(133-89)65-128-80(13)113)104(126-62-32-56-107-100(120)54-59-110-98(118)41-28-20-25-38-90-75(8)72(5)78(11)94(134-90)66-129-81(14)114)103(95(135-91)67-130-105(82-33-21-17-22-34-82,83-43-47-86(122-15)48-44-83)84-45-49-87(123-16)50-46-84)124-60-30-29-35-85(115)52-57-108-96(116)39-26-18-23-36-88-73(6)70(3)76(9)92(132-88)64-127-79(12)112/h17,21-22,33-34,43-50,69-78,88-95,102-104H,18-20,23-32,35-42,51-67H2,1-16H3,(H,106,119)(H,107,120)(H,108,116)(H,109,117)(H,110,118). The first-order chi connectivity index (χ1) is 64.7. The number of ketones is 2. The van der Waals surface area contributed by atoms with Crippen LogP contribution in [0.4, 0.5) is 0 Å². The van der Waals surface area contributed by atoms with E-state index in [1.807, 2.05) is 78.9 Å². The summed E-state index contributed by atoms with van der Waals surface area (Å²) in [5, 5.41) is 14.7. The maximum absolute atomic E-state index is 13.7. The van der Waals surface area contributed by atoms with E-state index in [0.717, 1.165) is 74.5 Å². The van der Waals surface area contributed by atoms with E-state index in [2.05, 4.69) is 88.9 Å². The molecule has 3 aromatic rings. The molecule has 5 N–H and O–H groups in total. The average Bonchev–Trinajstić information content (AvgIpc) is 0.746. The van der Waals surface area contributed by atoms with Crippen molar-refractivity contribution < 1.29 is 119 Å². The van der Waals surface area contributed by atoms with Crippen LogP contribution in [0.1, 0.15) is 281 Å². The number of rotatable bonds is 63. The van der Waals surface area contributed by atoms with Gasteiger partial charge in [0.2, 0.25) is 29.5 Å². The molecule has 0 radical (unpaired) electrons. The van der Waals surface area contributed by atoms with Crippen LogP contribution in [-0.2, 0) is 115 Å². The smallest absolute Gasteiger partial charge is 0.306 e. The fourth-order valence-electron chi connectivity index (χ4n) is 18.8. The van der Waals surface area contributed by atoms with Crippen molar-refractivity contribution in [1.82, 2.24) is 26.6 Å². The molecular formula is C105H163N5O25. The molecule has 0 aromatic heterocycles. The predicted molar refractivity (Wildman–Crippen MR) is 511 cm³/mol. The Bertz CT molecular complexity index is 4000. The minimum atomic E-state index is -1.36. The van der Waals surface area contributed by atoms with Gasteiger partial charge in [0.25, 0.3) is 0 Å². The minimum absolute atomic E-state index is 0.0169. The highest BCUT2D eigenvalue weighted by molar-refractivity contribution is 5.82. The normalized spacial score (nSPS) is 25.3. The summed E-state index contributed by atoms with van der Waals surface area (Å²) in [6, 6.07) is 25.0. The Morgan fingerprint density at radius 2 is 0.681 bits per heavy atom. The third kappa shape index (κ3) is 39.0. The predicted octanol–water partition coefficient (Wildman–Crippen LogP) is 14.5. The zero-order valence-corrected chi connectivity index (χ0v) is 83.7. The maximum atomic E-state index is 13.7. The van der Waals surface area contributed by atoms with E-state index in [-0.39, 0.29) is 237 Å². The fraction of sp³-hybridized carbons (Fsp3) is 0.724. The lowest BCUT2D eigenvalue weighted by Gasteiger charge is -2.48. The molecule has 21 atom stereocenters. The van der Waals surface area contributed by atoms with Crippen LogP contribution in [0.5, 0.6) is 11.5 Å². The van der Waals surface area contributed by atoms with Gasteiger partial charge in [-0.05, 0) is 172 Å². The average molecular weight is 1900 g/mol. The van der Waals surface area contributed by atoms with Gasteiger partial charge in [-0.25, -0.2) is 0 Å². The monoisotopic (exact) mass is 1890 g/mol. The lowest BCUT2D eigenvalue weighted by Crippen LogP contribution is -2.62. The van der Waals surface area contributed by atoms with Crippen molar-refractivity contribution >= 4 is 65.0 Å². The molecule has 0 bridgehead atoms. The van der Waals surface area contributed by atoms with E-state index < -0.39 is 48.2 Å². The number of carbonyl (C=O) groups is 11. The van der Waals surface area contributed by atoms with Gasteiger partial charge in [-0.3, -0.25) is 47.9 Å². The second kappa shape index (κ2) is 61.1. The summed E-state index contributed by atoms with van der Waals surface area (Å²) in [7, 11) is 3.19. The van der Waals surface area contributed by atoms with Crippen molar-refractivity contribution in [3.63, 3.8) is 0 Å². The highest BCUT2D eigenvalue weighted by Gasteiger charge is 2.51. The van der Waals surface area contributed by atoms with Crippen LogP contribution in [0.15, 0.2) is 78.9 Å². The molecule has 0 spiro atoms. The number of ether oxygens (including phenoxy) is 14. The number of nitrogens with one attached hydrogen (secondary N) is 5. The van der Waals surface area contributed by atoms with Crippen molar-refractivity contribution in [2.75, 3.05) is 93.2 Å². The summed E-state index contributed by atoms with van der Waals surface area (Å²) in [6.07, 6.45) is 6.08. The van der Waals surface area contributed by atoms with Gasteiger partial charge >= 0.3 is 23.9 Å². The van der Waals surface area contributed by atoms with E-state index in [0.29, 0.717) is 111 Å². The van der Waals surface area contributed by atoms with Crippen molar-refractivity contribution in [1.29, 1.82) is 0 Å². The van der Waals surface area contributed by atoms with Gasteiger partial charge in [0.1, 0.15) is 79.0 Å². The lowest BCUT2D eigenvalue weighted by atomic mass is 9.75. The number of Topliss-reactive ketones (excluding diaryl/α,β-unsaturated/α-hetero) is 2. The van der Waals surface area contributed by atoms with Gasteiger partial charge in [-0.2, -0.15) is 0 Å². The molecular weight excluding hydrogens is 1730 g/mol. The summed E-state index contributed by atoms with van der Waals surface area (Å²) < 4.78 is 89.1. The Labute approximate surface area is 802 Å². The third-order valence-electron chi connectivity index (χ3n) is 28.2. The van der Waals surface area contributed by atoms with E-state index in [1.54, 1.807) is 21.1 Å². The van der Waals surface area contributed by atoms with Crippen LogP contribution in [-0.4, -0.2) is 231 Å². The summed E-state index contributed by atoms with van der Waals surface area (Å²) in [4.78, 5) is 141. The summed E-state index contributed by atoms with van der Waals surface area (Å²) in [5.74, 6) is 1.29. The molecule has 3 aromatic carbocycles. The van der Waals surface area contributed by atoms with Gasteiger partial charge in [0.05, 0.1) is 70.0 Å². The number of benzene rings is 3. The Hall–Kier alpha value is -8.49. The molecule has 4 saturated heterocycles. The molecule has 30 heteroatoms. The molecule has 7 rings (SSSR count). The van der Waals surface area contributed by atoms with Crippen molar-refractivity contribution in [3.8, 4) is 11.5 Å². The number of amides is 5. The van der Waals surface area contributed by atoms with E-state index in [9.17, 15) is 52.7 Å². The first-order valence-corrected chi connectivity index (χ1v) is 50.1. The molecule has 4 heterocycles. The Kier molecular flexibility index (Phi) is 51.3. The Morgan fingerprint density at radius 1 is 0.333 bits per heavy atom. The fourth-order valence-corrected chi connectivity index (χ4v) is 18.8.